The third-order valence-corrected chi connectivity index (χ3v) is 4.10. The highest BCUT2D eigenvalue weighted by Gasteiger charge is 2.15. The van der Waals surface area contributed by atoms with Crippen LogP contribution in [0.2, 0.25) is 0 Å². The van der Waals surface area contributed by atoms with E-state index in [4.69, 9.17) is 9.47 Å². The molecule has 5 nitrogen and oxygen atoms in total. The first kappa shape index (κ1) is 14.9. The highest BCUT2D eigenvalue weighted by Crippen LogP contribution is 2.34. The molecule has 1 unspecified atom stereocenters. The molecule has 0 saturated heterocycles. The number of aryl methyl sites for hydroxylation is 2. The van der Waals surface area contributed by atoms with E-state index in [1.165, 1.54) is 5.56 Å². The quantitative estimate of drug-likeness (QED) is 0.799. The Morgan fingerprint density at radius 3 is 2.95 bits per heavy atom. The van der Waals surface area contributed by atoms with E-state index in [0.29, 0.717) is 12.8 Å². The van der Waals surface area contributed by atoms with E-state index in [1.807, 2.05) is 25.4 Å². The molecule has 1 N–H and O–H groups in total. The van der Waals surface area contributed by atoms with Gasteiger partial charge < -0.3 is 19.4 Å². The molecule has 5 heteroatoms. The highest BCUT2D eigenvalue weighted by atomic mass is 16.7. The topological polar surface area (TPSA) is 48.3 Å². The fourth-order valence-electron chi connectivity index (χ4n) is 2.67. The molecule has 3 rings (SSSR count). The van der Waals surface area contributed by atoms with Crippen LogP contribution >= 0.6 is 0 Å². The summed E-state index contributed by atoms with van der Waals surface area (Å²) in [5.41, 5.74) is 1.23. The van der Waals surface area contributed by atoms with Crippen molar-refractivity contribution in [1.29, 1.82) is 0 Å². The molecule has 1 aromatic carbocycles. The maximum absolute atomic E-state index is 5.43. The van der Waals surface area contributed by atoms with Gasteiger partial charge in [-0.25, -0.2) is 4.98 Å². The van der Waals surface area contributed by atoms with E-state index in [9.17, 15) is 0 Å². The number of benzene rings is 1. The Bertz CT molecular complexity index is 624. The SMILES string of the molecule is Cc1nccn1CCCCNC(C)c1ccc2c(c1)OCO2. The van der Waals surface area contributed by atoms with Gasteiger partial charge >= 0.3 is 0 Å². The predicted octanol–water partition coefficient (Wildman–Crippen LogP) is 3.05. The number of hydrogen-bond acceptors (Lipinski definition) is 4. The predicted molar refractivity (Wildman–Crippen MR) is 85.2 cm³/mol. The van der Waals surface area contributed by atoms with Gasteiger partial charge in [-0.2, -0.15) is 0 Å². The summed E-state index contributed by atoms with van der Waals surface area (Å²) in [5, 5.41) is 3.56. The summed E-state index contributed by atoms with van der Waals surface area (Å²) in [6.45, 7) is 6.58. The first-order valence-electron chi connectivity index (χ1n) is 7.85. The summed E-state index contributed by atoms with van der Waals surface area (Å²) in [5.74, 6) is 2.77. The molecule has 0 radical (unpaired) electrons. The highest BCUT2D eigenvalue weighted by molar-refractivity contribution is 5.45. The lowest BCUT2D eigenvalue weighted by Gasteiger charge is -2.15. The molecule has 1 aliphatic heterocycles. The van der Waals surface area contributed by atoms with Crippen LogP contribution in [0.1, 0.15) is 37.2 Å². The molecule has 0 fully saturated rings. The van der Waals surface area contributed by atoms with E-state index in [-0.39, 0.29) is 0 Å². The molecule has 118 valence electrons. The summed E-state index contributed by atoms with van der Waals surface area (Å²) in [6, 6.07) is 6.46. The van der Waals surface area contributed by atoms with Crippen LogP contribution in [0.4, 0.5) is 0 Å². The van der Waals surface area contributed by atoms with E-state index in [1.54, 1.807) is 0 Å². The van der Waals surface area contributed by atoms with Crippen molar-refractivity contribution in [3.8, 4) is 11.5 Å². The summed E-state index contributed by atoms with van der Waals surface area (Å²) in [6.07, 6.45) is 6.19. The lowest BCUT2D eigenvalue weighted by molar-refractivity contribution is 0.174. The number of fused-ring (bicyclic) bond motifs is 1. The largest absolute Gasteiger partial charge is 0.454 e. The second-order valence-electron chi connectivity index (χ2n) is 5.66. The molecular formula is C17H23N3O2. The van der Waals surface area contributed by atoms with Gasteiger partial charge in [0.25, 0.3) is 0 Å². The monoisotopic (exact) mass is 301 g/mol. The van der Waals surface area contributed by atoms with Gasteiger partial charge in [0.2, 0.25) is 6.79 Å². The van der Waals surface area contributed by atoms with Crippen LogP contribution in [0, 0.1) is 6.92 Å². The zero-order chi connectivity index (χ0) is 15.4. The number of rotatable bonds is 7. The zero-order valence-electron chi connectivity index (χ0n) is 13.2. The minimum Gasteiger partial charge on any atom is -0.454 e. The van der Waals surface area contributed by atoms with Crippen LogP contribution in [0.15, 0.2) is 30.6 Å². The smallest absolute Gasteiger partial charge is 0.231 e. The van der Waals surface area contributed by atoms with Crippen molar-refractivity contribution in [3.63, 3.8) is 0 Å². The second-order valence-corrected chi connectivity index (χ2v) is 5.66. The zero-order valence-corrected chi connectivity index (χ0v) is 13.2. The van der Waals surface area contributed by atoms with Crippen molar-refractivity contribution < 1.29 is 9.47 Å². The Morgan fingerprint density at radius 1 is 1.27 bits per heavy atom. The molecule has 22 heavy (non-hydrogen) atoms. The van der Waals surface area contributed by atoms with Crippen LogP contribution in [0.3, 0.4) is 0 Å². The first-order valence-corrected chi connectivity index (χ1v) is 7.85. The van der Waals surface area contributed by atoms with E-state index in [2.05, 4.69) is 33.9 Å². The van der Waals surface area contributed by atoms with Gasteiger partial charge in [-0.15, -0.1) is 0 Å². The van der Waals surface area contributed by atoms with Crippen LogP contribution in [-0.4, -0.2) is 22.9 Å². The summed E-state index contributed by atoms with van der Waals surface area (Å²) in [7, 11) is 0. The second kappa shape index (κ2) is 6.83. The average molecular weight is 301 g/mol. The number of nitrogens with one attached hydrogen (secondary N) is 1. The number of imidazole rings is 1. The van der Waals surface area contributed by atoms with Crippen molar-refractivity contribution >= 4 is 0 Å². The van der Waals surface area contributed by atoms with Gasteiger partial charge in [-0.3, -0.25) is 0 Å². The molecule has 2 aromatic rings. The van der Waals surface area contributed by atoms with Crippen LogP contribution in [0.5, 0.6) is 11.5 Å². The lowest BCUT2D eigenvalue weighted by atomic mass is 10.1. The van der Waals surface area contributed by atoms with Crippen molar-refractivity contribution in [1.82, 2.24) is 14.9 Å². The van der Waals surface area contributed by atoms with Gasteiger partial charge in [0.1, 0.15) is 5.82 Å². The molecule has 0 saturated carbocycles. The van der Waals surface area contributed by atoms with E-state index >= 15 is 0 Å². The van der Waals surface area contributed by atoms with Gasteiger partial charge in [0.05, 0.1) is 0 Å². The van der Waals surface area contributed by atoms with Crippen LogP contribution in [-0.2, 0) is 6.54 Å². The molecule has 2 heterocycles. The number of hydrogen-bond donors (Lipinski definition) is 1. The van der Waals surface area contributed by atoms with Gasteiger partial charge in [-0.05, 0) is 50.9 Å². The molecule has 1 aromatic heterocycles. The summed E-state index contributed by atoms with van der Waals surface area (Å²) >= 11 is 0. The third kappa shape index (κ3) is 3.42. The Kier molecular flexibility index (Phi) is 4.63. The first-order chi connectivity index (χ1) is 10.7. The normalized spacial score (nSPS) is 14.3. The Balaban J connectivity index is 1.41. The van der Waals surface area contributed by atoms with Crippen molar-refractivity contribution in [2.45, 2.75) is 39.3 Å². The minimum absolute atomic E-state index is 0.310. The molecule has 0 bridgehead atoms. The van der Waals surface area contributed by atoms with Crippen molar-refractivity contribution in [2.75, 3.05) is 13.3 Å². The molecule has 1 aliphatic rings. The summed E-state index contributed by atoms with van der Waals surface area (Å²) in [4.78, 5) is 4.24. The number of aromatic nitrogens is 2. The van der Waals surface area contributed by atoms with Gasteiger partial charge in [-0.1, -0.05) is 6.07 Å². The molecule has 0 amide bonds. The Morgan fingerprint density at radius 2 is 2.14 bits per heavy atom. The van der Waals surface area contributed by atoms with Crippen molar-refractivity contribution in [3.05, 3.63) is 42.0 Å². The fourth-order valence-corrected chi connectivity index (χ4v) is 2.67. The number of nitrogens with zero attached hydrogens (tertiary/aromatic N) is 2. The molecular weight excluding hydrogens is 278 g/mol. The third-order valence-electron chi connectivity index (χ3n) is 4.10. The Hall–Kier alpha value is -2.01. The fraction of sp³-hybridized carbons (Fsp3) is 0.471. The lowest BCUT2D eigenvalue weighted by Crippen LogP contribution is -2.20. The van der Waals surface area contributed by atoms with Crippen LogP contribution < -0.4 is 14.8 Å². The summed E-state index contributed by atoms with van der Waals surface area (Å²) < 4.78 is 13.0. The van der Waals surface area contributed by atoms with Crippen LogP contribution in [0.25, 0.3) is 0 Å². The van der Waals surface area contributed by atoms with Crippen molar-refractivity contribution in [2.24, 2.45) is 0 Å². The standard InChI is InChI=1S/C17H23N3O2/c1-13(15-5-6-16-17(11-15)22-12-21-16)18-7-3-4-9-20-10-8-19-14(20)2/h5-6,8,10-11,13,18H,3-4,7,9,12H2,1-2H3. The Labute approximate surface area is 131 Å². The molecule has 1 atom stereocenters. The number of ether oxygens (including phenoxy) is 2. The molecule has 0 aliphatic carbocycles. The maximum Gasteiger partial charge on any atom is 0.231 e. The van der Waals surface area contributed by atoms with Gasteiger partial charge in [0.15, 0.2) is 11.5 Å². The maximum atomic E-state index is 5.43. The van der Waals surface area contributed by atoms with E-state index < -0.39 is 0 Å². The average Bonchev–Trinajstić information content (AvgIpc) is 3.15. The minimum atomic E-state index is 0.310. The molecule has 0 spiro atoms. The van der Waals surface area contributed by atoms with Gasteiger partial charge in [0, 0.05) is 25.0 Å². The number of unbranched alkanes of at least 4 members (excludes halogenated alkanes) is 1. The van der Waals surface area contributed by atoms with E-state index in [0.717, 1.165) is 43.3 Å².